The Morgan fingerprint density at radius 3 is 2.77 bits per heavy atom. The van der Waals surface area contributed by atoms with Crippen LogP contribution in [0.2, 0.25) is 0 Å². The number of rotatable bonds is 4. The van der Waals surface area contributed by atoms with Crippen LogP contribution in [-0.2, 0) is 4.79 Å². The highest BCUT2D eigenvalue weighted by Crippen LogP contribution is 2.28. The van der Waals surface area contributed by atoms with Gasteiger partial charge < -0.3 is 21.1 Å². The molecular weight excluding hydrogens is 306 g/mol. The summed E-state index contributed by atoms with van der Waals surface area (Å²) in [7, 11) is 0. The Bertz CT molecular complexity index is 577. The minimum absolute atomic E-state index is 0. The normalized spacial score (nSPS) is 15.8. The van der Waals surface area contributed by atoms with Crippen LogP contribution in [0.25, 0.3) is 0 Å². The van der Waals surface area contributed by atoms with E-state index in [0.29, 0.717) is 23.5 Å². The molecule has 1 atom stereocenters. The molecule has 0 aromatic heterocycles. The van der Waals surface area contributed by atoms with Crippen molar-refractivity contribution in [3.63, 3.8) is 0 Å². The van der Waals surface area contributed by atoms with E-state index in [0.717, 1.165) is 0 Å². The van der Waals surface area contributed by atoms with Gasteiger partial charge in [0.1, 0.15) is 5.75 Å². The maximum atomic E-state index is 12.4. The Labute approximate surface area is 136 Å². The van der Waals surface area contributed by atoms with Crippen LogP contribution >= 0.6 is 12.4 Å². The minimum atomic E-state index is -0.479. The smallest absolute Gasteiger partial charge is 0.262 e. The molecule has 0 aliphatic carbocycles. The van der Waals surface area contributed by atoms with Crippen molar-refractivity contribution in [3.05, 3.63) is 23.8 Å². The molecule has 1 aliphatic rings. The third kappa shape index (κ3) is 3.69. The van der Waals surface area contributed by atoms with E-state index in [1.54, 1.807) is 18.2 Å². The summed E-state index contributed by atoms with van der Waals surface area (Å²) in [5, 5.41) is 5.65. The van der Waals surface area contributed by atoms with Crippen LogP contribution in [0.3, 0.4) is 0 Å². The molecule has 2 rings (SSSR count). The molecule has 1 heterocycles. The van der Waals surface area contributed by atoms with Crippen molar-refractivity contribution in [1.29, 1.82) is 0 Å². The Morgan fingerprint density at radius 1 is 1.50 bits per heavy atom. The third-order valence-corrected chi connectivity index (χ3v) is 3.97. The standard InChI is InChI=1S/C15H21N3O3.ClH/c1-9(2)15(3,8-16)18-14(20)10-4-5-12-11(6-10)17-13(19)7-21-12;/h4-6,9H,7-8,16H2,1-3H3,(H,17,19)(H,18,20);1H. The molecule has 1 aliphatic heterocycles. The number of nitrogens with two attached hydrogens (primary N) is 1. The van der Waals surface area contributed by atoms with Gasteiger partial charge in [0.15, 0.2) is 6.61 Å². The summed E-state index contributed by atoms with van der Waals surface area (Å²) in [6.45, 7) is 6.28. The molecule has 122 valence electrons. The van der Waals surface area contributed by atoms with Gasteiger partial charge in [0.2, 0.25) is 0 Å². The van der Waals surface area contributed by atoms with E-state index >= 15 is 0 Å². The molecule has 1 aromatic rings. The SMILES string of the molecule is CC(C)C(C)(CN)NC(=O)c1ccc2c(c1)NC(=O)CO2.Cl. The maximum absolute atomic E-state index is 12.4. The van der Waals surface area contributed by atoms with Crippen LogP contribution in [0.4, 0.5) is 5.69 Å². The van der Waals surface area contributed by atoms with Crippen molar-refractivity contribution in [3.8, 4) is 5.75 Å². The second kappa shape index (κ2) is 6.98. The molecule has 4 N–H and O–H groups in total. The van der Waals surface area contributed by atoms with Crippen LogP contribution in [0.1, 0.15) is 31.1 Å². The number of fused-ring (bicyclic) bond motifs is 1. The lowest BCUT2D eigenvalue weighted by Gasteiger charge is -2.33. The molecular formula is C15H22ClN3O3. The van der Waals surface area contributed by atoms with Gasteiger partial charge in [-0.25, -0.2) is 0 Å². The van der Waals surface area contributed by atoms with Crippen LogP contribution < -0.4 is 21.1 Å². The van der Waals surface area contributed by atoms with Gasteiger partial charge in [0.25, 0.3) is 11.8 Å². The summed E-state index contributed by atoms with van der Waals surface area (Å²) in [5.74, 6) is 0.317. The first-order valence-corrected chi connectivity index (χ1v) is 6.95. The number of nitrogens with one attached hydrogen (secondary N) is 2. The number of halogens is 1. The molecule has 0 fully saturated rings. The summed E-state index contributed by atoms with van der Waals surface area (Å²) in [5.41, 5.74) is 6.26. The fourth-order valence-corrected chi connectivity index (χ4v) is 1.99. The predicted octanol–water partition coefficient (Wildman–Crippen LogP) is 1.54. The van der Waals surface area contributed by atoms with Gasteiger partial charge in [-0.1, -0.05) is 13.8 Å². The summed E-state index contributed by atoms with van der Waals surface area (Å²) in [4.78, 5) is 23.7. The van der Waals surface area contributed by atoms with E-state index in [1.807, 2.05) is 20.8 Å². The summed E-state index contributed by atoms with van der Waals surface area (Å²) < 4.78 is 5.27. The Hall–Kier alpha value is -1.79. The van der Waals surface area contributed by atoms with Crippen molar-refractivity contribution < 1.29 is 14.3 Å². The first kappa shape index (κ1) is 18.3. The molecule has 22 heavy (non-hydrogen) atoms. The molecule has 0 bridgehead atoms. The second-order valence-electron chi connectivity index (χ2n) is 5.78. The number of carbonyl (C=O) groups is 2. The molecule has 7 heteroatoms. The van der Waals surface area contributed by atoms with Crippen molar-refractivity contribution in [2.45, 2.75) is 26.3 Å². The Kier molecular flexibility index (Phi) is 5.79. The topological polar surface area (TPSA) is 93.5 Å². The maximum Gasteiger partial charge on any atom is 0.262 e. The first-order chi connectivity index (χ1) is 9.85. The molecule has 0 radical (unpaired) electrons. The lowest BCUT2D eigenvalue weighted by atomic mass is 9.88. The molecule has 0 saturated heterocycles. The molecule has 2 amide bonds. The highest BCUT2D eigenvalue weighted by Gasteiger charge is 2.29. The van der Waals surface area contributed by atoms with Gasteiger partial charge in [-0.3, -0.25) is 9.59 Å². The fourth-order valence-electron chi connectivity index (χ4n) is 1.99. The van der Waals surface area contributed by atoms with Crippen LogP contribution in [0, 0.1) is 5.92 Å². The summed E-state index contributed by atoms with van der Waals surface area (Å²) in [6, 6.07) is 4.96. The van der Waals surface area contributed by atoms with E-state index in [9.17, 15) is 9.59 Å². The van der Waals surface area contributed by atoms with E-state index in [2.05, 4.69) is 10.6 Å². The van der Waals surface area contributed by atoms with Crippen molar-refractivity contribution in [1.82, 2.24) is 5.32 Å². The Morgan fingerprint density at radius 2 is 2.18 bits per heavy atom. The van der Waals surface area contributed by atoms with Crippen LogP contribution in [-0.4, -0.2) is 30.5 Å². The third-order valence-electron chi connectivity index (χ3n) is 3.97. The lowest BCUT2D eigenvalue weighted by molar-refractivity contribution is -0.118. The van der Waals surface area contributed by atoms with Crippen molar-refractivity contribution in [2.24, 2.45) is 11.7 Å². The minimum Gasteiger partial charge on any atom is -0.482 e. The van der Waals surface area contributed by atoms with Gasteiger partial charge in [0.05, 0.1) is 11.2 Å². The number of amides is 2. The number of ether oxygens (including phenoxy) is 1. The van der Waals surface area contributed by atoms with Gasteiger partial charge >= 0.3 is 0 Å². The van der Waals surface area contributed by atoms with E-state index in [1.165, 1.54) is 0 Å². The zero-order chi connectivity index (χ0) is 15.6. The van der Waals surface area contributed by atoms with E-state index < -0.39 is 5.54 Å². The number of anilines is 1. The summed E-state index contributed by atoms with van der Waals surface area (Å²) >= 11 is 0. The first-order valence-electron chi connectivity index (χ1n) is 6.95. The highest BCUT2D eigenvalue weighted by atomic mass is 35.5. The molecule has 6 nitrogen and oxygen atoms in total. The zero-order valence-electron chi connectivity index (χ0n) is 12.9. The lowest BCUT2D eigenvalue weighted by Crippen LogP contribution is -2.55. The van der Waals surface area contributed by atoms with Crippen molar-refractivity contribution in [2.75, 3.05) is 18.5 Å². The summed E-state index contributed by atoms with van der Waals surface area (Å²) in [6.07, 6.45) is 0. The molecule has 1 aromatic carbocycles. The number of hydrogen-bond acceptors (Lipinski definition) is 4. The van der Waals surface area contributed by atoms with E-state index in [-0.39, 0.29) is 36.7 Å². The monoisotopic (exact) mass is 327 g/mol. The average Bonchev–Trinajstić information content (AvgIpc) is 2.45. The highest BCUT2D eigenvalue weighted by molar-refractivity contribution is 6.00. The fraction of sp³-hybridized carbons (Fsp3) is 0.467. The van der Waals surface area contributed by atoms with Gasteiger partial charge in [-0.05, 0) is 31.0 Å². The molecule has 1 unspecified atom stereocenters. The van der Waals surface area contributed by atoms with Crippen LogP contribution in [0.5, 0.6) is 5.75 Å². The second-order valence-corrected chi connectivity index (χ2v) is 5.78. The zero-order valence-corrected chi connectivity index (χ0v) is 13.8. The van der Waals surface area contributed by atoms with Gasteiger partial charge in [0, 0.05) is 12.1 Å². The van der Waals surface area contributed by atoms with Gasteiger partial charge in [-0.2, -0.15) is 0 Å². The quantitative estimate of drug-likeness (QED) is 0.782. The van der Waals surface area contributed by atoms with E-state index in [4.69, 9.17) is 10.5 Å². The number of benzene rings is 1. The largest absolute Gasteiger partial charge is 0.482 e. The van der Waals surface area contributed by atoms with Crippen molar-refractivity contribution >= 4 is 29.9 Å². The predicted molar refractivity (Wildman–Crippen MR) is 87.6 cm³/mol. The number of hydrogen-bond donors (Lipinski definition) is 3. The molecule has 0 saturated carbocycles. The Balaban J connectivity index is 0.00000242. The van der Waals surface area contributed by atoms with Crippen LogP contribution in [0.15, 0.2) is 18.2 Å². The van der Waals surface area contributed by atoms with Gasteiger partial charge in [-0.15, -0.1) is 12.4 Å². The number of carbonyl (C=O) groups excluding carboxylic acids is 2. The average molecular weight is 328 g/mol. The molecule has 0 spiro atoms.